The van der Waals surface area contributed by atoms with Crippen LogP contribution in [0.1, 0.15) is 42.9 Å². The SMILES string of the molecule is [2H]c1c([2H])c([2H])c(-c2cnc(-n3c4ccccc4c4ccc(Oc5cccc(-n6[c-][n+](-c7c(-c8cccc([Si](c9ccccc9)(c9ccccc9)c9ccccc9)c8)cc(C(C)(C)C)cc7[Si](C)(C)c7ccccc7)c7ccccc76)c5)cc43)cc2C([2H])([2H])[2H])c([2H])c1[2H]. The van der Waals surface area contributed by atoms with E-state index in [0.29, 0.717) is 17.0 Å². The standard InChI is InChI=1S/C79H66N4OSi2/c1-56-48-77(80-54-71(56)57-28-12-7-13-29-57)83-72-43-23-22-42-68(72)69-47-46-62(53-75(69)83)84-61-32-27-31-60(52-61)81-55-82(74-45-25-24-44-73(74)81)78-70(50-59(79(2,3)4)51-76(78)85(5,6)63-33-14-8-15-34-63)58-30-26-41-67(49-58)86(64-35-16-9-17-36-64,65-37-18-10-19-38-65)66-39-20-11-21-40-66/h7-54H,1-6H3/i1D3,7D,12D,13D,28D,29D. The van der Waals surface area contributed by atoms with Crippen LogP contribution in [-0.4, -0.2) is 30.3 Å². The minimum absolute atomic E-state index is 0.0687. The molecule has 0 unspecified atom stereocenters. The van der Waals surface area contributed by atoms with Crippen molar-refractivity contribution >= 4 is 80.1 Å². The summed E-state index contributed by atoms with van der Waals surface area (Å²) >= 11 is 0. The molecule has 3 aromatic heterocycles. The molecule has 0 aliphatic carbocycles. The fourth-order valence-corrected chi connectivity index (χ4v) is 20.1. The number of rotatable bonds is 13. The fourth-order valence-electron chi connectivity index (χ4n) is 12.7. The number of hydrogen-bond donors (Lipinski definition) is 0. The number of aromatic nitrogens is 4. The van der Waals surface area contributed by atoms with Crippen molar-refractivity contribution in [1.82, 2.24) is 14.1 Å². The second kappa shape index (κ2) is 21.9. The van der Waals surface area contributed by atoms with Gasteiger partial charge in [-0.15, -0.1) is 0 Å². The van der Waals surface area contributed by atoms with Crippen LogP contribution in [0.5, 0.6) is 11.5 Å². The second-order valence-corrected chi connectivity index (χ2v) is 31.7. The second-order valence-electron chi connectivity index (χ2n) is 23.6. The minimum Gasteiger partial charge on any atom is -0.458 e. The maximum absolute atomic E-state index is 8.73. The molecule has 14 aromatic rings. The maximum Gasteiger partial charge on any atom is 0.269 e. The predicted molar refractivity (Wildman–Crippen MR) is 363 cm³/mol. The molecule has 11 aromatic carbocycles. The Morgan fingerprint density at radius 3 is 1.78 bits per heavy atom. The number of hydrogen-bond acceptors (Lipinski definition) is 2. The molecule has 3 heterocycles. The van der Waals surface area contributed by atoms with Gasteiger partial charge in [0, 0.05) is 32.7 Å². The first kappa shape index (κ1) is 45.5. The highest BCUT2D eigenvalue weighted by Crippen LogP contribution is 2.38. The Morgan fingerprint density at radius 1 is 0.512 bits per heavy atom. The topological polar surface area (TPSA) is 35.9 Å². The van der Waals surface area contributed by atoms with E-state index in [0.717, 1.165) is 49.8 Å². The van der Waals surface area contributed by atoms with Crippen LogP contribution in [-0.2, 0) is 5.41 Å². The lowest BCUT2D eigenvalue weighted by molar-refractivity contribution is -0.570. The third-order valence-corrected chi connectivity index (χ3v) is 25.3. The van der Waals surface area contributed by atoms with E-state index in [-0.39, 0.29) is 27.9 Å². The van der Waals surface area contributed by atoms with Crippen LogP contribution < -0.4 is 40.4 Å². The summed E-state index contributed by atoms with van der Waals surface area (Å²) in [5.41, 5.74) is 8.01. The van der Waals surface area contributed by atoms with E-state index in [1.807, 2.05) is 65.2 Å². The van der Waals surface area contributed by atoms with Crippen molar-refractivity contribution in [2.75, 3.05) is 0 Å². The molecule has 0 amide bonds. The van der Waals surface area contributed by atoms with Crippen molar-refractivity contribution < 1.29 is 20.3 Å². The number of ether oxygens (including phenoxy) is 1. The zero-order valence-corrected chi connectivity index (χ0v) is 50.5. The lowest BCUT2D eigenvalue weighted by Crippen LogP contribution is -2.74. The summed E-state index contributed by atoms with van der Waals surface area (Å²) in [5.74, 6) is 1.34. The molecule has 0 bridgehead atoms. The average molecular weight is 1150 g/mol. The van der Waals surface area contributed by atoms with E-state index in [4.69, 9.17) is 20.7 Å². The highest BCUT2D eigenvalue weighted by atomic mass is 28.3. The van der Waals surface area contributed by atoms with E-state index < -0.39 is 53.2 Å². The molecule has 0 fully saturated rings. The lowest BCUT2D eigenvalue weighted by Gasteiger charge is -2.35. The van der Waals surface area contributed by atoms with Crippen LogP contribution in [0.15, 0.2) is 291 Å². The number of pyridine rings is 1. The molecule has 7 heteroatoms. The largest absolute Gasteiger partial charge is 0.458 e. The van der Waals surface area contributed by atoms with E-state index in [2.05, 4.69) is 237 Å². The van der Waals surface area contributed by atoms with Crippen molar-refractivity contribution in [3.8, 4) is 50.9 Å². The quantitative estimate of drug-likeness (QED) is 0.0499. The normalized spacial score (nSPS) is 13.5. The first-order valence-electron chi connectivity index (χ1n) is 33.1. The van der Waals surface area contributed by atoms with Gasteiger partial charge < -0.3 is 4.74 Å². The van der Waals surface area contributed by atoms with Crippen LogP contribution in [0.25, 0.3) is 72.3 Å². The van der Waals surface area contributed by atoms with Crippen LogP contribution in [0, 0.1) is 13.2 Å². The summed E-state index contributed by atoms with van der Waals surface area (Å²) in [6.45, 7) is 9.12. The lowest BCUT2D eigenvalue weighted by atomic mass is 9.84. The Hall–Kier alpha value is -9.93. The van der Waals surface area contributed by atoms with Crippen molar-refractivity contribution in [2.24, 2.45) is 0 Å². The summed E-state index contributed by atoms with van der Waals surface area (Å²) in [7, 11) is -5.56. The van der Waals surface area contributed by atoms with Gasteiger partial charge in [-0.3, -0.25) is 13.7 Å². The van der Waals surface area contributed by atoms with Gasteiger partial charge in [0.15, 0.2) is 8.07 Å². The summed E-state index contributed by atoms with van der Waals surface area (Å²) in [5, 5.41) is 9.55. The Kier molecular flexibility index (Phi) is 11.6. The highest BCUT2D eigenvalue weighted by molar-refractivity contribution is 7.20. The van der Waals surface area contributed by atoms with Gasteiger partial charge in [-0.25, -0.2) is 4.98 Å². The molecule has 0 N–H and O–H groups in total. The van der Waals surface area contributed by atoms with E-state index in [9.17, 15) is 0 Å². The monoisotopic (exact) mass is 1150 g/mol. The van der Waals surface area contributed by atoms with Crippen molar-refractivity contribution in [2.45, 2.75) is 46.1 Å². The molecule has 416 valence electrons. The van der Waals surface area contributed by atoms with Gasteiger partial charge in [0.1, 0.15) is 25.4 Å². The number of para-hydroxylation sites is 3. The van der Waals surface area contributed by atoms with E-state index in [1.165, 1.54) is 48.9 Å². The summed E-state index contributed by atoms with van der Waals surface area (Å²) in [4.78, 5) is 4.79. The number of fused-ring (bicyclic) bond motifs is 4. The highest BCUT2D eigenvalue weighted by Gasteiger charge is 2.42. The molecule has 5 nitrogen and oxygen atoms in total. The van der Waals surface area contributed by atoms with Crippen molar-refractivity contribution in [3.05, 3.63) is 309 Å². The molecule has 0 atom stereocenters. The van der Waals surface area contributed by atoms with Crippen molar-refractivity contribution in [3.63, 3.8) is 0 Å². The molecule has 0 saturated heterocycles. The van der Waals surface area contributed by atoms with Crippen LogP contribution >= 0.6 is 0 Å². The average Bonchev–Trinajstić information content (AvgIpc) is 1.35. The summed E-state index contributed by atoms with van der Waals surface area (Å²) < 4.78 is 81.6. The minimum atomic E-state index is -2.97. The van der Waals surface area contributed by atoms with Crippen LogP contribution in [0.3, 0.4) is 0 Å². The zero-order chi connectivity index (χ0) is 65.4. The fraction of sp³-hybridized carbons (Fsp3) is 0.0886. The molecule has 0 aliphatic rings. The Bertz CT molecular complexity index is 5120. The van der Waals surface area contributed by atoms with Gasteiger partial charge in [-0.1, -0.05) is 276 Å². The van der Waals surface area contributed by atoms with Gasteiger partial charge >= 0.3 is 0 Å². The van der Waals surface area contributed by atoms with E-state index in [1.54, 1.807) is 0 Å². The first-order valence-corrected chi connectivity index (χ1v) is 34.1. The smallest absolute Gasteiger partial charge is 0.269 e. The number of nitrogens with zero attached hydrogens (tertiary/aromatic N) is 4. The number of imidazole rings is 1. The molecular weight excluding hydrogens is 1080 g/mol. The van der Waals surface area contributed by atoms with Crippen molar-refractivity contribution in [1.29, 1.82) is 0 Å². The molecule has 0 saturated carbocycles. The molecule has 14 rings (SSSR count). The zero-order valence-electron chi connectivity index (χ0n) is 56.5. The summed E-state index contributed by atoms with van der Waals surface area (Å²) in [6.07, 6.45) is 5.28. The van der Waals surface area contributed by atoms with Gasteiger partial charge in [0.2, 0.25) is 0 Å². The van der Waals surface area contributed by atoms with Gasteiger partial charge in [0.25, 0.3) is 6.33 Å². The first-order chi connectivity index (χ1) is 45.2. The van der Waals surface area contributed by atoms with Gasteiger partial charge in [-0.05, 0) is 108 Å². The predicted octanol–water partition coefficient (Wildman–Crippen LogP) is 15.1. The number of benzene rings is 11. The molecule has 0 aliphatic heterocycles. The van der Waals surface area contributed by atoms with Crippen LogP contribution in [0.2, 0.25) is 13.1 Å². The van der Waals surface area contributed by atoms with E-state index >= 15 is 0 Å². The number of aryl methyl sites for hydroxylation is 1. The third-order valence-electron chi connectivity index (χ3n) is 17.0. The molecule has 0 radical (unpaired) electrons. The third kappa shape index (κ3) is 9.50. The van der Waals surface area contributed by atoms with Gasteiger partial charge in [-0.2, -0.15) is 0 Å². The molecule has 86 heavy (non-hydrogen) atoms. The van der Waals surface area contributed by atoms with Gasteiger partial charge in [0.05, 0.1) is 40.3 Å². The Morgan fingerprint density at radius 2 is 1.10 bits per heavy atom. The Labute approximate surface area is 517 Å². The molecule has 0 spiro atoms. The Balaban J connectivity index is 0.930. The summed E-state index contributed by atoms with van der Waals surface area (Å²) in [6, 6.07) is 87.4. The molecular formula is C79H66N4OSi2. The van der Waals surface area contributed by atoms with Crippen LogP contribution in [0.4, 0.5) is 0 Å². The maximum atomic E-state index is 8.73.